The molecule has 106 valence electrons. The predicted molar refractivity (Wildman–Crippen MR) is 79.0 cm³/mol. The fraction of sp³-hybridized carbons (Fsp3) is 0.588. The molecular weight excluding hydrogens is 236 g/mol. The number of carbonyl (C=O) groups excluding carboxylic acids is 1. The van der Waals surface area contributed by atoms with Gasteiger partial charge in [-0.15, -0.1) is 0 Å². The molecule has 0 amide bonds. The molecule has 0 fully saturated rings. The molecule has 0 aliphatic rings. The summed E-state index contributed by atoms with van der Waals surface area (Å²) < 4.78 is 5.23. The Balaban J connectivity index is 1.99. The summed E-state index contributed by atoms with van der Waals surface area (Å²) in [7, 11) is 0. The molecule has 1 rings (SSSR count). The van der Waals surface area contributed by atoms with Gasteiger partial charge in [-0.25, -0.2) is 0 Å². The van der Waals surface area contributed by atoms with E-state index in [1.807, 2.05) is 30.3 Å². The van der Waals surface area contributed by atoms with E-state index in [0.29, 0.717) is 13.0 Å². The second kappa shape index (κ2) is 9.60. The van der Waals surface area contributed by atoms with Crippen LogP contribution in [0.4, 0.5) is 0 Å². The molecule has 2 heteroatoms. The minimum Gasteiger partial charge on any atom is -0.465 e. The Labute approximate surface area is 117 Å². The van der Waals surface area contributed by atoms with Crippen molar-refractivity contribution in [2.45, 2.75) is 52.4 Å². The lowest BCUT2D eigenvalue weighted by molar-refractivity contribution is -0.142. The van der Waals surface area contributed by atoms with Crippen LogP contribution in [0.5, 0.6) is 0 Å². The summed E-state index contributed by atoms with van der Waals surface area (Å²) in [5.74, 6) is 0.678. The fourth-order valence-corrected chi connectivity index (χ4v) is 2.01. The zero-order chi connectivity index (χ0) is 13.9. The molecule has 2 nitrogen and oxygen atoms in total. The van der Waals surface area contributed by atoms with E-state index in [1.54, 1.807) is 0 Å². The van der Waals surface area contributed by atoms with Crippen LogP contribution in [-0.4, -0.2) is 12.6 Å². The Morgan fingerprint density at radius 3 is 2.42 bits per heavy atom. The number of unbranched alkanes of at least 4 members (excludes halogenated alkanes) is 3. The van der Waals surface area contributed by atoms with Crippen LogP contribution in [0.25, 0.3) is 0 Å². The summed E-state index contributed by atoms with van der Waals surface area (Å²) in [5.41, 5.74) is 1.02. The highest BCUT2D eigenvalue weighted by molar-refractivity contribution is 5.72. The Morgan fingerprint density at radius 1 is 1.05 bits per heavy atom. The quantitative estimate of drug-likeness (QED) is 0.487. The monoisotopic (exact) mass is 262 g/mol. The van der Waals surface area contributed by atoms with E-state index in [2.05, 4.69) is 13.8 Å². The summed E-state index contributed by atoms with van der Waals surface area (Å²) >= 11 is 0. The van der Waals surface area contributed by atoms with Gasteiger partial charge in [0.2, 0.25) is 0 Å². The highest BCUT2D eigenvalue weighted by Gasteiger charge is 2.03. The molecule has 0 saturated carbocycles. The lowest BCUT2D eigenvalue weighted by atomic mass is 10.0. The van der Waals surface area contributed by atoms with Crippen LogP contribution in [0.2, 0.25) is 0 Å². The number of ether oxygens (including phenoxy) is 1. The molecule has 0 unspecified atom stereocenters. The topological polar surface area (TPSA) is 26.3 Å². The van der Waals surface area contributed by atoms with Crippen molar-refractivity contribution in [3.8, 4) is 0 Å². The van der Waals surface area contributed by atoms with Crippen LogP contribution in [0.1, 0.15) is 51.5 Å². The molecule has 0 aromatic heterocycles. The fourth-order valence-electron chi connectivity index (χ4n) is 2.01. The smallest absolute Gasteiger partial charge is 0.310 e. The highest BCUT2D eigenvalue weighted by atomic mass is 16.5. The Morgan fingerprint density at radius 2 is 1.74 bits per heavy atom. The van der Waals surface area contributed by atoms with Gasteiger partial charge in [-0.1, -0.05) is 69.9 Å². The first-order chi connectivity index (χ1) is 9.18. The third-order valence-corrected chi connectivity index (χ3v) is 3.13. The third-order valence-electron chi connectivity index (χ3n) is 3.13. The molecule has 1 aromatic carbocycles. The van der Waals surface area contributed by atoms with Crippen molar-refractivity contribution in [3.63, 3.8) is 0 Å². The number of hydrogen-bond acceptors (Lipinski definition) is 2. The lowest BCUT2D eigenvalue weighted by Crippen LogP contribution is -2.09. The molecule has 0 bridgehead atoms. The van der Waals surface area contributed by atoms with Gasteiger partial charge >= 0.3 is 5.97 Å². The standard InChI is InChI=1S/C17H26O2/c1-15(2)10-6-3-4-9-13-19-17(18)14-16-11-7-5-8-12-16/h5,7-8,11-12,15H,3-4,6,9-10,13-14H2,1-2H3. The van der Waals surface area contributed by atoms with Crippen LogP contribution >= 0.6 is 0 Å². The molecule has 0 heterocycles. The first-order valence-corrected chi connectivity index (χ1v) is 7.38. The van der Waals surface area contributed by atoms with E-state index >= 15 is 0 Å². The van der Waals surface area contributed by atoms with Gasteiger partial charge in [0.15, 0.2) is 0 Å². The summed E-state index contributed by atoms with van der Waals surface area (Å²) in [6, 6.07) is 9.74. The van der Waals surface area contributed by atoms with Crippen LogP contribution in [-0.2, 0) is 16.0 Å². The van der Waals surface area contributed by atoms with Gasteiger partial charge in [0.1, 0.15) is 0 Å². The van der Waals surface area contributed by atoms with E-state index in [4.69, 9.17) is 4.74 Å². The maximum atomic E-state index is 11.6. The minimum absolute atomic E-state index is 0.117. The van der Waals surface area contributed by atoms with Gasteiger partial charge in [-0.3, -0.25) is 4.79 Å². The number of esters is 1. The SMILES string of the molecule is CC(C)CCCCCCOC(=O)Cc1ccccc1. The second-order valence-electron chi connectivity index (χ2n) is 5.48. The third kappa shape index (κ3) is 8.41. The van der Waals surface area contributed by atoms with Crippen molar-refractivity contribution in [2.24, 2.45) is 5.92 Å². The largest absolute Gasteiger partial charge is 0.465 e. The average Bonchev–Trinajstić information content (AvgIpc) is 2.38. The molecule has 19 heavy (non-hydrogen) atoms. The number of benzene rings is 1. The summed E-state index contributed by atoms with van der Waals surface area (Å²) in [5, 5.41) is 0. The molecular formula is C17H26O2. The lowest BCUT2D eigenvalue weighted by Gasteiger charge is -2.06. The normalized spacial score (nSPS) is 10.7. The summed E-state index contributed by atoms with van der Waals surface area (Å²) in [4.78, 5) is 11.6. The van der Waals surface area contributed by atoms with Crippen molar-refractivity contribution in [2.75, 3.05) is 6.61 Å². The molecule has 0 N–H and O–H groups in total. The molecule has 0 aliphatic carbocycles. The number of hydrogen-bond donors (Lipinski definition) is 0. The highest BCUT2D eigenvalue weighted by Crippen LogP contribution is 2.09. The van der Waals surface area contributed by atoms with E-state index in [9.17, 15) is 4.79 Å². The second-order valence-corrected chi connectivity index (χ2v) is 5.48. The molecule has 0 atom stereocenters. The first kappa shape index (κ1) is 15.7. The maximum absolute atomic E-state index is 11.6. The Kier molecular flexibility index (Phi) is 7.95. The predicted octanol–water partition coefficient (Wildman–Crippen LogP) is 4.38. The number of carbonyl (C=O) groups is 1. The molecule has 0 radical (unpaired) electrons. The molecule has 0 aliphatic heterocycles. The van der Waals surface area contributed by atoms with E-state index < -0.39 is 0 Å². The van der Waals surface area contributed by atoms with E-state index in [0.717, 1.165) is 24.3 Å². The van der Waals surface area contributed by atoms with Crippen LogP contribution in [0.3, 0.4) is 0 Å². The van der Waals surface area contributed by atoms with Crippen LogP contribution in [0.15, 0.2) is 30.3 Å². The Bertz CT molecular complexity index is 344. The van der Waals surface area contributed by atoms with Crippen molar-refractivity contribution >= 4 is 5.97 Å². The van der Waals surface area contributed by atoms with Gasteiger partial charge in [-0.2, -0.15) is 0 Å². The average molecular weight is 262 g/mol. The van der Waals surface area contributed by atoms with Gasteiger partial charge in [0, 0.05) is 0 Å². The molecule has 1 aromatic rings. The first-order valence-electron chi connectivity index (χ1n) is 7.38. The van der Waals surface area contributed by atoms with Crippen molar-refractivity contribution < 1.29 is 9.53 Å². The maximum Gasteiger partial charge on any atom is 0.310 e. The Hall–Kier alpha value is -1.31. The molecule has 0 saturated heterocycles. The minimum atomic E-state index is -0.117. The van der Waals surface area contributed by atoms with Crippen molar-refractivity contribution in [1.82, 2.24) is 0 Å². The van der Waals surface area contributed by atoms with E-state index in [1.165, 1.54) is 19.3 Å². The van der Waals surface area contributed by atoms with Gasteiger partial charge in [0.05, 0.1) is 13.0 Å². The van der Waals surface area contributed by atoms with Gasteiger partial charge in [0.25, 0.3) is 0 Å². The van der Waals surface area contributed by atoms with Gasteiger partial charge in [-0.05, 0) is 17.9 Å². The van der Waals surface area contributed by atoms with Crippen molar-refractivity contribution in [3.05, 3.63) is 35.9 Å². The number of rotatable bonds is 9. The summed E-state index contributed by atoms with van der Waals surface area (Å²) in [6.07, 6.45) is 6.36. The molecule has 0 spiro atoms. The van der Waals surface area contributed by atoms with Gasteiger partial charge < -0.3 is 4.74 Å². The zero-order valence-electron chi connectivity index (χ0n) is 12.2. The van der Waals surface area contributed by atoms with Crippen LogP contribution in [0, 0.1) is 5.92 Å². The summed E-state index contributed by atoms with van der Waals surface area (Å²) in [6.45, 7) is 5.07. The van der Waals surface area contributed by atoms with Crippen LogP contribution < -0.4 is 0 Å². The zero-order valence-corrected chi connectivity index (χ0v) is 12.2. The van der Waals surface area contributed by atoms with E-state index in [-0.39, 0.29) is 5.97 Å². The van der Waals surface area contributed by atoms with Crippen molar-refractivity contribution in [1.29, 1.82) is 0 Å².